The van der Waals surface area contributed by atoms with E-state index in [2.05, 4.69) is 15.7 Å². The summed E-state index contributed by atoms with van der Waals surface area (Å²) >= 11 is 0. The Morgan fingerprint density at radius 1 is 0.970 bits per heavy atom. The van der Waals surface area contributed by atoms with Crippen LogP contribution in [-0.4, -0.2) is 36.6 Å². The molecule has 0 radical (unpaired) electrons. The second-order valence-electron chi connectivity index (χ2n) is 7.94. The molecule has 4 aromatic rings. The average Bonchev–Trinajstić information content (AvgIpc) is 3.09. The summed E-state index contributed by atoms with van der Waals surface area (Å²) in [7, 11) is 0. The van der Waals surface area contributed by atoms with Crippen LogP contribution in [-0.2, 0) is 22.7 Å². The first-order valence-electron chi connectivity index (χ1n) is 10.6. The Bertz CT molecular complexity index is 1450. The van der Waals surface area contributed by atoms with Gasteiger partial charge in [-0.25, -0.2) is 13.9 Å². The zero-order chi connectivity index (χ0) is 23.5. The highest BCUT2D eigenvalue weighted by molar-refractivity contribution is 5.90. The van der Waals surface area contributed by atoms with Gasteiger partial charge in [-0.15, -0.1) is 5.10 Å². The minimum Gasteiger partial charge on any atom is -0.354 e. The SMILES string of the molecule is CC(C)NC(=O)CCn1c(=O)c2ccccc2n2c(=O)n(CC(=O)Nc3ccccc3)nc12. The number of rotatable bonds is 7. The quantitative estimate of drug-likeness (QED) is 0.443. The Hall–Kier alpha value is -4.21. The van der Waals surface area contributed by atoms with E-state index in [4.69, 9.17) is 0 Å². The average molecular weight is 448 g/mol. The van der Waals surface area contributed by atoms with Crippen molar-refractivity contribution >= 4 is 34.2 Å². The number of carbonyl (C=O) groups excluding carboxylic acids is 2. The summed E-state index contributed by atoms with van der Waals surface area (Å²) in [6, 6.07) is 15.5. The topological polar surface area (TPSA) is 120 Å². The highest BCUT2D eigenvalue weighted by Crippen LogP contribution is 2.11. The van der Waals surface area contributed by atoms with Crippen LogP contribution >= 0.6 is 0 Å². The molecule has 0 unspecified atom stereocenters. The van der Waals surface area contributed by atoms with E-state index >= 15 is 0 Å². The van der Waals surface area contributed by atoms with E-state index in [1.54, 1.807) is 48.5 Å². The molecular weight excluding hydrogens is 424 g/mol. The van der Waals surface area contributed by atoms with Crippen LogP contribution in [0.2, 0.25) is 0 Å². The number of anilines is 1. The minimum atomic E-state index is -0.551. The van der Waals surface area contributed by atoms with Crippen LogP contribution < -0.4 is 21.9 Å². The van der Waals surface area contributed by atoms with Gasteiger partial charge < -0.3 is 10.6 Å². The van der Waals surface area contributed by atoms with Crippen LogP contribution in [0.4, 0.5) is 5.69 Å². The van der Waals surface area contributed by atoms with Crippen molar-refractivity contribution in [3.63, 3.8) is 0 Å². The largest absolute Gasteiger partial charge is 0.354 e. The molecule has 0 saturated heterocycles. The summed E-state index contributed by atoms with van der Waals surface area (Å²) in [6.45, 7) is 3.41. The summed E-state index contributed by atoms with van der Waals surface area (Å²) in [5, 5.41) is 10.1. The molecule has 2 aromatic carbocycles. The first kappa shape index (κ1) is 22.0. The number of para-hydroxylation sites is 2. The Morgan fingerprint density at radius 3 is 2.39 bits per heavy atom. The van der Waals surface area contributed by atoms with Crippen LogP contribution in [0.5, 0.6) is 0 Å². The van der Waals surface area contributed by atoms with Crippen LogP contribution in [0.25, 0.3) is 16.7 Å². The lowest BCUT2D eigenvalue weighted by atomic mass is 10.2. The van der Waals surface area contributed by atoms with Crippen molar-refractivity contribution in [2.24, 2.45) is 0 Å². The second kappa shape index (κ2) is 9.11. The highest BCUT2D eigenvalue weighted by atomic mass is 16.2. The molecule has 0 fully saturated rings. The van der Waals surface area contributed by atoms with Crippen LogP contribution in [0.15, 0.2) is 64.2 Å². The lowest BCUT2D eigenvalue weighted by Crippen LogP contribution is -2.33. The number of hydrogen-bond donors (Lipinski definition) is 2. The maximum Gasteiger partial charge on any atom is 0.352 e. The molecule has 2 heterocycles. The van der Waals surface area contributed by atoms with E-state index in [-0.39, 0.29) is 42.8 Å². The Balaban J connectivity index is 1.75. The predicted octanol–water partition coefficient (Wildman–Crippen LogP) is 1.36. The third-order valence-corrected chi connectivity index (χ3v) is 5.05. The monoisotopic (exact) mass is 448 g/mol. The molecule has 2 amide bonds. The van der Waals surface area contributed by atoms with Gasteiger partial charge in [-0.2, -0.15) is 0 Å². The summed E-state index contributed by atoms with van der Waals surface area (Å²) in [5.74, 6) is -0.568. The maximum absolute atomic E-state index is 13.2. The number of fused-ring (bicyclic) bond motifs is 3. The highest BCUT2D eigenvalue weighted by Gasteiger charge is 2.19. The van der Waals surface area contributed by atoms with Gasteiger partial charge in [0, 0.05) is 24.7 Å². The molecular formula is C23H24N6O4. The molecule has 170 valence electrons. The van der Waals surface area contributed by atoms with Gasteiger partial charge in [0.1, 0.15) is 6.54 Å². The molecule has 0 aliphatic carbocycles. The number of hydrogen-bond acceptors (Lipinski definition) is 5. The molecule has 0 atom stereocenters. The molecule has 10 nitrogen and oxygen atoms in total. The fraction of sp³-hybridized carbons (Fsp3) is 0.261. The molecule has 0 spiro atoms. The Morgan fingerprint density at radius 2 is 1.67 bits per heavy atom. The number of benzene rings is 2. The van der Waals surface area contributed by atoms with Crippen molar-refractivity contribution in [3.8, 4) is 0 Å². The van der Waals surface area contributed by atoms with Crippen molar-refractivity contribution in [1.82, 2.24) is 24.1 Å². The molecule has 0 bridgehead atoms. The standard InChI is InChI=1S/C23H24N6O4/c1-15(2)24-19(30)12-13-27-21(32)17-10-6-7-11-18(17)29-22(27)26-28(23(29)33)14-20(31)25-16-8-4-3-5-9-16/h3-11,15H,12-14H2,1-2H3,(H,24,30)(H,25,31). The van der Waals surface area contributed by atoms with Crippen molar-refractivity contribution in [2.45, 2.75) is 39.4 Å². The van der Waals surface area contributed by atoms with E-state index < -0.39 is 11.6 Å². The lowest BCUT2D eigenvalue weighted by Gasteiger charge is -2.11. The number of carbonyl (C=O) groups is 2. The van der Waals surface area contributed by atoms with Crippen LogP contribution in [0.3, 0.4) is 0 Å². The van der Waals surface area contributed by atoms with E-state index in [1.807, 2.05) is 19.9 Å². The van der Waals surface area contributed by atoms with Gasteiger partial charge in [0.2, 0.25) is 17.6 Å². The second-order valence-corrected chi connectivity index (χ2v) is 7.94. The van der Waals surface area contributed by atoms with Crippen molar-refractivity contribution in [3.05, 3.63) is 75.4 Å². The van der Waals surface area contributed by atoms with Crippen LogP contribution in [0.1, 0.15) is 20.3 Å². The molecule has 0 aliphatic rings. The summed E-state index contributed by atoms with van der Waals surface area (Å²) in [5.41, 5.74) is 0.0732. The van der Waals surface area contributed by atoms with Gasteiger partial charge in [0.15, 0.2) is 0 Å². The number of aromatic nitrogens is 4. The molecule has 4 rings (SSSR count). The lowest BCUT2D eigenvalue weighted by molar-refractivity contribution is -0.121. The molecule has 2 aromatic heterocycles. The van der Waals surface area contributed by atoms with Gasteiger partial charge in [0.25, 0.3) is 5.56 Å². The molecule has 0 aliphatic heterocycles. The minimum absolute atomic E-state index is 0.0317. The fourth-order valence-electron chi connectivity index (χ4n) is 3.64. The molecule has 2 N–H and O–H groups in total. The van der Waals surface area contributed by atoms with Crippen LogP contribution in [0, 0.1) is 0 Å². The van der Waals surface area contributed by atoms with Gasteiger partial charge in [-0.05, 0) is 38.1 Å². The van der Waals surface area contributed by atoms with E-state index in [1.165, 1.54) is 8.97 Å². The summed E-state index contributed by atoms with van der Waals surface area (Å²) in [4.78, 5) is 51.0. The van der Waals surface area contributed by atoms with Gasteiger partial charge in [-0.1, -0.05) is 30.3 Å². The molecule has 33 heavy (non-hydrogen) atoms. The van der Waals surface area contributed by atoms with Crippen molar-refractivity contribution in [2.75, 3.05) is 5.32 Å². The number of nitrogens with one attached hydrogen (secondary N) is 2. The Labute approximate surface area is 188 Å². The van der Waals surface area contributed by atoms with E-state index in [0.717, 1.165) is 4.68 Å². The number of aryl methyl sites for hydroxylation is 1. The fourth-order valence-corrected chi connectivity index (χ4v) is 3.64. The summed E-state index contributed by atoms with van der Waals surface area (Å²) < 4.78 is 3.62. The number of nitrogens with zero attached hydrogens (tertiary/aromatic N) is 4. The Kier molecular flexibility index (Phi) is 6.07. The number of amides is 2. The zero-order valence-electron chi connectivity index (χ0n) is 18.3. The van der Waals surface area contributed by atoms with E-state index in [9.17, 15) is 19.2 Å². The van der Waals surface area contributed by atoms with Crippen molar-refractivity contribution < 1.29 is 9.59 Å². The molecule has 0 saturated carbocycles. The zero-order valence-corrected chi connectivity index (χ0v) is 18.3. The normalized spacial score (nSPS) is 11.2. The predicted molar refractivity (Wildman–Crippen MR) is 124 cm³/mol. The molecule has 10 heteroatoms. The maximum atomic E-state index is 13.2. The van der Waals surface area contributed by atoms with Gasteiger partial charge in [0.05, 0.1) is 10.9 Å². The third-order valence-electron chi connectivity index (χ3n) is 5.05. The summed E-state index contributed by atoms with van der Waals surface area (Å²) in [6.07, 6.45) is 0.0433. The third kappa shape index (κ3) is 4.54. The van der Waals surface area contributed by atoms with E-state index in [0.29, 0.717) is 16.6 Å². The van der Waals surface area contributed by atoms with Gasteiger partial charge >= 0.3 is 5.69 Å². The van der Waals surface area contributed by atoms with Gasteiger partial charge in [-0.3, -0.25) is 19.0 Å². The smallest absolute Gasteiger partial charge is 0.352 e. The first-order chi connectivity index (χ1) is 15.8. The van der Waals surface area contributed by atoms with Crippen molar-refractivity contribution in [1.29, 1.82) is 0 Å². The first-order valence-corrected chi connectivity index (χ1v) is 10.6.